The van der Waals surface area contributed by atoms with Crippen LogP contribution >= 0.6 is 0 Å². The fraction of sp³-hybridized carbons (Fsp3) is 0.895. The number of carbonyl (C=O) groups is 1. The molecule has 22 heavy (non-hydrogen) atoms. The molecule has 130 valence electrons. The van der Waals surface area contributed by atoms with Gasteiger partial charge in [0.05, 0.1) is 27.2 Å². The van der Waals surface area contributed by atoms with E-state index in [1.54, 1.807) is 0 Å². The van der Waals surface area contributed by atoms with Gasteiger partial charge in [-0.1, -0.05) is 58.3 Å². The molecule has 0 aliphatic rings. The first-order valence-electron chi connectivity index (χ1n) is 9.39. The van der Waals surface area contributed by atoms with Crippen molar-refractivity contribution in [2.75, 3.05) is 27.2 Å². The summed E-state index contributed by atoms with van der Waals surface area (Å²) in [6, 6.07) is 0. The first kappa shape index (κ1) is 21.3. The predicted molar refractivity (Wildman–Crippen MR) is 97.5 cm³/mol. The van der Waals surface area contributed by atoms with Crippen molar-refractivity contribution in [3.05, 3.63) is 0 Å². The summed E-state index contributed by atoms with van der Waals surface area (Å²) < 4.78 is 0.985. The van der Waals surface area contributed by atoms with Crippen molar-refractivity contribution in [3.63, 3.8) is 0 Å². The molecule has 0 spiro atoms. The van der Waals surface area contributed by atoms with Crippen molar-refractivity contribution < 1.29 is 9.28 Å². The first-order chi connectivity index (χ1) is 10.5. The van der Waals surface area contributed by atoms with Crippen LogP contribution in [-0.2, 0) is 4.79 Å². The van der Waals surface area contributed by atoms with Gasteiger partial charge in [0.25, 0.3) is 0 Å². The molecule has 0 N–H and O–H groups in total. The highest BCUT2D eigenvalue weighted by molar-refractivity contribution is 5.84. The maximum absolute atomic E-state index is 11.6. The molecule has 0 aromatic heterocycles. The Morgan fingerprint density at radius 1 is 0.909 bits per heavy atom. The number of hydrogen-bond donors (Lipinski definition) is 0. The van der Waals surface area contributed by atoms with Gasteiger partial charge in [-0.3, -0.25) is 4.79 Å². The molecule has 0 radical (unpaired) electrons. The lowest BCUT2D eigenvalue weighted by atomic mass is 10.1. The van der Waals surface area contributed by atoms with E-state index in [9.17, 15) is 4.79 Å². The second-order valence-electron chi connectivity index (χ2n) is 7.05. The van der Waals surface area contributed by atoms with Gasteiger partial charge >= 0.3 is 0 Å². The zero-order valence-corrected chi connectivity index (χ0v) is 15.6. The summed E-state index contributed by atoms with van der Waals surface area (Å²) in [6.07, 6.45) is 14.9. The Balaban J connectivity index is 3.42. The SMILES string of the molecule is CCCCCCCCCCCC(=O)N=CCC[N+](C)(C)CC. The molecule has 0 heterocycles. The van der Waals surface area contributed by atoms with E-state index in [1.165, 1.54) is 51.4 Å². The number of carbonyl (C=O) groups excluding carboxylic acids is 1. The van der Waals surface area contributed by atoms with Crippen molar-refractivity contribution >= 4 is 12.1 Å². The number of rotatable bonds is 14. The first-order valence-corrected chi connectivity index (χ1v) is 9.39. The highest BCUT2D eigenvalue weighted by atomic mass is 16.1. The van der Waals surface area contributed by atoms with Crippen LogP contribution in [-0.4, -0.2) is 43.8 Å². The summed E-state index contributed by atoms with van der Waals surface area (Å²) >= 11 is 0. The molecule has 3 heteroatoms. The third-order valence-electron chi connectivity index (χ3n) is 4.45. The molecule has 0 saturated carbocycles. The Kier molecular flexibility index (Phi) is 13.5. The quantitative estimate of drug-likeness (QED) is 0.252. The molecule has 3 nitrogen and oxygen atoms in total. The Labute approximate surface area is 138 Å². The Morgan fingerprint density at radius 3 is 2.00 bits per heavy atom. The van der Waals surface area contributed by atoms with Crippen LogP contribution in [0.5, 0.6) is 0 Å². The zero-order chi connectivity index (χ0) is 16.7. The highest BCUT2D eigenvalue weighted by Crippen LogP contribution is 2.10. The van der Waals surface area contributed by atoms with Gasteiger partial charge in [-0.2, -0.15) is 0 Å². The Morgan fingerprint density at radius 2 is 1.45 bits per heavy atom. The van der Waals surface area contributed by atoms with Crippen molar-refractivity contribution in [1.82, 2.24) is 0 Å². The maximum atomic E-state index is 11.6. The van der Waals surface area contributed by atoms with Gasteiger partial charge in [-0.05, 0) is 13.3 Å². The van der Waals surface area contributed by atoms with Crippen molar-refractivity contribution in [2.45, 2.75) is 84.5 Å². The lowest BCUT2D eigenvalue weighted by Crippen LogP contribution is -2.40. The molecule has 0 aliphatic carbocycles. The zero-order valence-electron chi connectivity index (χ0n) is 15.6. The lowest BCUT2D eigenvalue weighted by Gasteiger charge is -2.27. The molecule has 0 atom stereocenters. The van der Waals surface area contributed by atoms with Crippen molar-refractivity contribution in [2.24, 2.45) is 4.99 Å². The fourth-order valence-corrected chi connectivity index (χ4v) is 2.38. The normalized spacial score (nSPS) is 12.2. The van der Waals surface area contributed by atoms with Crippen molar-refractivity contribution in [1.29, 1.82) is 0 Å². The standard InChI is InChI=1S/C19H39N2O/c1-5-7-8-9-10-11-12-13-14-16-19(22)20-17-15-18-21(3,4)6-2/h17H,5-16,18H2,1-4H3/q+1. The van der Waals surface area contributed by atoms with Crippen molar-refractivity contribution in [3.8, 4) is 0 Å². The van der Waals surface area contributed by atoms with Crippen LogP contribution in [0.3, 0.4) is 0 Å². The minimum Gasteiger partial charge on any atom is -0.328 e. The van der Waals surface area contributed by atoms with Crippen LogP contribution in [0, 0.1) is 0 Å². The third-order valence-corrected chi connectivity index (χ3v) is 4.45. The average Bonchev–Trinajstić information content (AvgIpc) is 2.50. The number of quaternary nitrogens is 1. The molecule has 0 unspecified atom stereocenters. The molecule has 0 aromatic carbocycles. The van der Waals surface area contributed by atoms with E-state index in [0.717, 1.165) is 30.4 Å². The van der Waals surface area contributed by atoms with Crippen LogP contribution in [0.1, 0.15) is 84.5 Å². The second kappa shape index (κ2) is 13.9. The van der Waals surface area contributed by atoms with E-state index >= 15 is 0 Å². The van der Waals surface area contributed by atoms with Crippen LogP contribution in [0.2, 0.25) is 0 Å². The number of hydrogen-bond acceptors (Lipinski definition) is 1. The molecule has 1 amide bonds. The number of amides is 1. The lowest BCUT2D eigenvalue weighted by molar-refractivity contribution is -0.887. The smallest absolute Gasteiger partial charge is 0.245 e. The summed E-state index contributed by atoms with van der Waals surface area (Å²) in [5, 5.41) is 0. The van der Waals surface area contributed by atoms with Gasteiger partial charge < -0.3 is 4.48 Å². The van der Waals surface area contributed by atoms with Crippen LogP contribution in [0.15, 0.2) is 4.99 Å². The topological polar surface area (TPSA) is 29.4 Å². The van der Waals surface area contributed by atoms with Gasteiger partial charge in [0, 0.05) is 19.1 Å². The van der Waals surface area contributed by atoms with E-state index in [-0.39, 0.29) is 5.91 Å². The van der Waals surface area contributed by atoms with E-state index in [1.807, 2.05) is 6.21 Å². The number of aliphatic imine (C=N–C) groups is 1. The summed E-state index contributed by atoms with van der Waals surface area (Å²) in [7, 11) is 4.41. The highest BCUT2D eigenvalue weighted by Gasteiger charge is 2.09. The largest absolute Gasteiger partial charge is 0.328 e. The Bertz CT molecular complexity index is 298. The van der Waals surface area contributed by atoms with E-state index in [4.69, 9.17) is 0 Å². The van der Waals surface area contributed by atoms with Gasteiger partial charge in [-0.25, -0.2) is 4.99 Å². The molecule has 0 rings (SSSR count). The second-order valence-corrected chi connectivity index (χ2v) is 7.05. The molecule has 0 bridgehead atoms. The molecule has 0 fully saturated rings. The van der Waals surface area contributed by atoms with Crippen LogP contribution in [0.4, 0.5) is 0 Å². The molecular formula is C19H39N2O+. The minimum atomic E-state index is 0.0600. The minimum absolute atomic E-state index is 0.0600. The summed E-state index contributed by atoms with van der Waals surface area (Å²) in [5.41, 5.74) is 0. The summed E-state index contributed by atoms with van der Waals surface area (Å²) in [5.74, 6) is 0.0600. The van der Waals surface area contributed by atoms with Crippen LogP contribution < -0.4 is 0 Å². The third kappa shape index (κ3) is 14.2. The summed E-state index contributed by atoms with van der Waals surface area (Å²) in [4.78, 5) is 15.7. The van der Waals surface area contributed by atoms with Gasteiger partial charge in [0.1, 0.15) is 0 Å². The molecule has 0 aliphatic heterocycles. The number of unbranched alkanes of at least 4 members (excludes halogenated alkanes) is 8. The average molecular weight is 312 g/mol. The number of nitrogens with zero attached hydrogens (tertiary/aromatic N) is 2. The van der Waals surface area contributed by atoms with Gasteiger partial charge in [0.15, 0.2) is 0 Å². The van der Waals surface area contributed by atoms with Gasteiger partial charge in [0.2, 0.25) is 5.91 Å². The predicted octanol–water partition coefficient (Wildman–Crippen LogP) is 4.99. The fourth-order valence-electron chi connectivity index (χ4n) is 2.38. The van der Waals surface area contributed by atoms with E-state index in [0.29, 0.717) is 6.42 Å². The Hall–Kier alpha value is -0.700. The molecule has 0 aromatic rings. The van der Waals surface area contributed by atoms with E-state index < -0.39 is 0 Å². The maximum Gasteiger partial charge on any atom is 0.245 e. The van der Waals surface area contributed by atoms with Crippen LogP contribution in [0.25, 0.3) is 0 Å². The monoisotopic (exact) mass is 311 g/mol. The molecular weight excluding hydrogens is 272 g/mol. The summed E-state index contributed by atoms with van der Waals surface area (Å²) in [6.45, 7) is 6.60. The van der Waals surface area contributed by atoms with E-state index in [2.05, 4.69) is 32.9 Å². The van der Waals surface area contributed by atoms with Gasteiger partial charge in [-0.15, -0.1) is 0 Å². The molecule has 0 saturated heterocycles.